The number of amidine groups is 1. The van der Waals surface area contributed by atoms with Crippen molar-refractivity contribution in [3.8, 4) is 0 Å². The summed E-state index contributed by atoms with van der Waals surface area (Å²) < 4.78 is 39.4. The number of rotatable bonds is 4. The summed E-state index contributed by atoms with van der Waals surface area (Å²) >= 11 is 0. The number of amides is 1. The number of halogens is 3. The molecular formula is C12H14F3N3O2. The van der Waals surface area contributed by atoms with Crippen LogP contribution in [0.2, 0.25) is 0 Å². The molecule has 1 aromatic rings. The van der Waals surface area contributed by atoms with E-state index in [1.807, 2.05) is 0 Å². The third-order valence-electron chi connectivity index (χ3n) is 2.88. The fourth-order valence-corrected chi connectivity index (χ4v) is 1.56. The van der Waals surface area contributed by atoms with Crippen LogP contribution in [0.5, 0.6) is 0 Å². The molecule has 0 aliphatic carbocycles. The van der Waals surface area contributed by atoms with Gasteiger partial charge in [-0.3, -0.25) is 4.79 Å². The highest BCUT2D eigenvalue weighted by molar-refractivity contribution is 5.95. The van der Waals surface area contributed by atoms with Crippen molar-refractivity contribution in [2.24, 2.45) is 10.9 Å². The largest absolute Gasteiger partial charge is 0.409 e. The summed E-state index contributed by atoms with van der Waals surface area (Å²) in [6.07, 6.45) is 0.0457. The molecule has 1 rings (SSSR count). The van der Waals surface area contributed by atoms with E-state index in [2.05, 4.69) is 5.16 Å². The molecule has 8 heteroatoms. The number of carbonyl (C=O) groups is 1. The second-order valence-corrected chi connectivity index (χ2v) is 4.28. The van der Waals surface area contributed by atoms with Crippen LogP contribution >= 0.6 is 0 Å². The number of nitrogens with two attached hydrogens (primary N) is 1. The fourth-order valence-electron chi connectivity index (χ4n) is 1.56. The minimum absolute atomic E-state index is 0.0457. The molecular weight excluding hydrogens is 275 g/mol. The summed E-state index contributed by atoms with van der Waals surface area (Å²) in [5, 5.41) is 11.2. The Kier molecular flexibility index (Phi) is 4.95. The van der Waals surface area contributed by atoms with Gasteiger partial charge in [-0.25, -0.2) is 13.2 Å². The Morgan fingerprint density at radius 3 is 2.55 bits per heavy atom. The minimum Gasteiger partial charge on any atom is -0.409 e. The lowest BCUT2D eigenvalue weighted by Gasteiger charge is -2.24. The van der Waals surface area contributed by atoms with Crippen LogP contribution in [0.1, 0.15) is 23.7 Å². The van der Waals surface area contributed by atoms with Crippen LogP contribution in [0, 0.1) is 17.5 Å². The first kappa shape index (κ1) is 15.8. The molecule has 110 valence electrons. The molecule has 0 bridgehead atoms. The van der Waals surface area contributed by atoms with Gasteiger partial charge < -0.3 is 15.8 Å². The van der Waals surface area contributed by atoms with E-state index in [4.69, 9.17) is 10.9 Å². The summed E-state index contributed by atoms with van der Waals surface area (Å²) in [7, 11) is 1.35. The minimum atomic E-state index is -1.70. The number of nitrogens with zero attached hydrogens (tertiary/aromatic N) is 2. The lowest BCUT2D eigenvalue weighted by Crippen LogP contribution is -2.38. The van der Waals surface area contributed by atoms with Gasteiger partial charge in [-0.2, -0.15) is 0 Å². The molecule has 1 aromatic carbocycles. The first-order valence-electron chi connectivity index (χ1n) is 5.66. The Hall–Kier alpha value is -2.25. The number of carbonyl (C=O) groups excluding carboxylic acids is 1. The quantitative estimate of drug-likeness (QED) is 0.291. The molecule has 0 radical (unpaired) electrons. The maximum absolute atomic E-state index is 13.5. The maximum Gasteiger partial charge on any atom is 0.256 e. The van der Waals surface area contributed by atoms with Crippen molar-refractivity contribution in [2.75, 3.05) is 7.05 Å². The molecule has 0 aliphatic heterocycles. The van der Waals surface area contributed by atoms with Gasteiger partial charge in [-0.15, -0.1) is 0 Å². The van der Waals surface area contributed by atoms with Crippen molar-refractivity contribution >= 4 is 11.7 Å². The lowest BCUT2D eigenvalue weighted by molar-refractivity contribution is 0.0741. The summed E-state index contributed by atoms with van der Waals surface area (Å²) in [5.74, 6) is -5.56. The van der Waals surface area contributed by atoms with Gasteiger partial charge in [0, 0.05) is 19.5 Å². The number of benzene rings is 1. The maximum atomic E-state index is 13.5. The summed E-state index contributed by atoms with van der Waals surface area (Å²) in [4.78, 5) is 13.1. The van der Waals surface area contributed by atoms with E-state index in [1.54, 1.807) is 6.92 Å². The number of hydrogen-bond donors (Lipinski definition) is 2. The van der Waals surface area contributed by atoms with Crippen molar-refractivity contribution in [1.29, 1.82) is 0 Å². The molecule has 20 heavy (non-hydrogen) atoms. The van der Waals surface area contributed by atoms with Gasteiger partial charge in [0.15, 0.2) is 17.5 Å². The molecule has 1 atom stereocenters. The summed E-state index contributed by atoms with van der Waals surface area (Å²) in [5.41, 5.74) is 4.72. The Balaban J connectivity index is 2.98. The zero-order chi connectivity index (χ0) is 15.4. The Bertz CT molecular complexity index is 549. The number of hydrogen-bond acceptors (Lipinski definition) is 3. The highest BCUT2D eigenvalue weighted by Gasteiger charge is 2.24. The average Bonchev–Trinajstić information content (AvgIpc) is 2.43. The van der Waals surface area contributed by atoms with E-state index >= 15 is 0 Å². The molecule has 5 nitrogen and oxygen atoms in total. The van der Waals surface area contributed by atoms with Crippen molar-refractivity contribution in [1.82, 2.24) is 4.90 Å². The van der Waals surface area contributed by atoms with E-state index in [1.165, 1.54) is 7.05 Å². The zero-order valence-corrected chi connectivity index (χ0v) is 10.9. The van der Waals surface area contributed by atoms with E-state index in [0.717, 1.165) is 11.0 Å². The van der Waals surface area contributed by atoms with Gasteiger partial charge in [-0.05, 0) is 19.1 Å². The Morgan fingerprint density at radius 2 is 2.00 bits per heavy atom. The molecule has 0 fully saturated rings. The molecule has 0 heterocycles. The van der Waals surface area contributed by atoms with Crippen molar-refractivity contribution < 1.29 is 23.2 Å². The van der Waals surface area contributed by atoms with Crippen LogP contribution < -0.4 is 5.73 Å². The van der Waals surface area contributed by atoms with Crippen LogP contribution in [-0.2, 0) is 0 Å². The first-order chi connectivity index (χ1) is 9.29. The second-order valence-electron chi connectivity index (χ2n) is 4.28. The summed E-state index contributed by atoms with van der Waals surface area (Å²) in [6.45, 7) is 1.58. The van der Waals surface area contributed by atoms with Crippen LogP contribution in [0.3, 0.4) is 0 Å². The van der Waals surface area contributed by atoms with E-state index in [9.17, 15) is 18.0 Å². The van der Waals surface area contributed by atoms with Gasteiger partial charge >= 0.3 is 0 Å². The Labute approximate surface area is 113 Å². The van der Waals surface area contributed by atoms with Crippen molar-refractivity contribution in [2.45, 2.75) is 19.4 Å². The normalized spacial score (nSPS) is 13.2. The SMILES string of the molecule is CC(CC(N)=NO)N(C)C(=O)c1ccc(F)c(F)c1F. The van der Waals surface area contributed by atoms with E-state index in [0.29, 0.717) is 6.07 Å². The molecule has 0 saturated heterocycles. The molecule has 0 aromatic heterocycles. The van der Waals surface area contributed by atoms with E-state index in [-0.39, 0.29) is 12.3 Å². The van der Waals surface area contributed by atoms with Crippen LogP contribution in [0.15, 0.2) is 17.3 Å². The third-order valence-corrected chi connectivity index (χ3v) is 2.88. The lowest BCUT2D eigenvalue weighted by atomic mass is 10.1. The van der Waals surface area contributed by atoms with Crippen LogP contribution in [0.4, 0.5) is 13.2 Å². The summed E-state index contributed by atoms with van der Waals surface area (Å²) in [6, 6.07) is 1.02. The molecule has 0 spiro atoms. The number of oxime groups is 1. The average molecular weight is 289 g/mol. The van der Waals surface area contributed by atoms with Gasteiger partial charge in [0.2, 0.25) is 0 Å². The van der Waals surface area contributed by atoms with Gasteiger partial charge in [-0.1, -0.05) is 5.16 Å². The van der Waals surface area contributed by atoms with Crippen molar-refractivity contribution in [3.63, 3.8) is 0 Å². The topological polar surface area (TPSA) is 78.9 Å². The highest BCUT2D eigenvalue weighted by atomic mass is 19.2. The zero-order valence-electron chi connectivity index (χ0n) is 10.9. The Morgan fingerprint density at radius 1 is 1.40 bits per heavy atom. The predicted octanol–water partition coefficient (Wildman–Crippen LogP) is 1.70. The van der Waals surface area contributed by atoms with Crippen LogP contribution in [0.25, 0.3) is 0 Å². The first-order valence-corrected chi connectivity index (χ1v) is 5.66. The molecule has 3 N–H and O–H groups in total. The molecule has 0 saturated carbocycles. The van der Waals surface area contributed by atoms with Gasteiger partial charge in [0.1, 0.15) is 5.84 Å². The van der Waals surface area contributed by atoms with Gasteiger partial charge in [0.25, 0.3) is 5.91 Å². The second kappa shape index (κ2) is 6.27. The smallest absolute Gasteiger partial charge is 0.256 e. The molecule has 1 unspecified atom stereocenters. The van der Waals surface area contributed by atoms with Gasteiger partial charge in [0.05, 0.1) is 5.56 Å². The highest BCUT2D eigenvalue weighted by Crippen LogP contribution is 2.17. The molecule has 1 amide bonds. The monoisotopic (exact) mass is 289 g/mol. The van der Waals surface area contributed by atoms with Crippen molar-refractivity contribution in [3.05, 3.63) is 35.1 Å². The standard InChI is InChI=1S/C12H14F3N3O2/c1-6(5-9(16)17-20)18(2)12(19)7-3-4-8(13)11(15)10(7)14/h3-4,6,20H,5H2,1-2H3,(H2,16,17). The molecule has 0 aliphatic rings. The fraction of sp³-hybridized carbons (Fsp3) is 0.333. The predicted molar refractivity (Wildman–Crippen MR) is 65.9 cm³/mol. The third kappa shape index (κ3) is 3.19. The van der Waals surface area contributed by atoms with Crippen LogP contribution in [-0.4, -0.2) is 34.9 Å². The van der Waals surface area contributed by atoms with E-state index < -0.39 is 35.0 Å².